The molecule has 2 unspecified atom stereocenters. The van der Waals surface area contributed by atoms with Crippen molar-refractivity contribution in [2.45, 2.75) is 24.8 Å². The average molecular weight is 249 g/mol. The second-order valence-electron chi connectivity index (χ2n) is 4.45. The fourth-order valence-electron chi connectivity index (χ4n) is 2.38. The van der Waals surface area contributed by atoms with Crippen LogP contribution in [0.1, 0.15) is 34.7 Å². The topological polar surface area (TPSA) is 86.6 Å². The molecule has 1 aliphatic heterocycles. The van der Waals surface area contributed by atoms with Crippen LogP contribution in [0.2, 0.25) is 0 Å². The smallest absolute Gasteiger partial charge is 0.335 e. The van der Waals surface area contributed by atoms with E-state index in [1.807, 2.05) is 0 Å². The van der Waals surface area contributed by atoms with Crippen molar-refractivity contribution in [1.82, 2.24) is 5.32 Å². The highest BCUT2D eigenvalue weighted by Gasteiger charge is 2.31. The van der Waals surface area contributed by atoms with Gasteiger partial charge in [0.25, 0.3) is 0 Å². The van der Waals surface area contributed by atoms with Gasteiger partial charge in [0.05, 0.1) is 5.56 Å². The lowest BCUT2D eigenvalue weighted by atomic mass is 9.84. The summed E-state index contributed by atoms with van der Waals surface area (Å²) in [4.78, 5) is 21.9. The van der Waals surface area contributed by atoms with E-state index < -0.39 is 18.0 Å². The van der Waals surface area contributed by atoms with E-state index >= 15 is 0 Å². The van der Waals surface area contributed by atoms with Crippen LogP contribution in [0, 0.1) is 0 Å². The SMILES string of the molecule is O=C(O)c1ccc(C2CCCNC2C(=O)O)cc1. The van der Waals surface area contributed by atoms with Gasteiger partial charge in [-0.05, 0) is 37.1 Å². The second-order valence-corrected chi connectivity index (χ2v) is 4.45. The van der Waals surface area contributed by atoms with Crippen LogP contribution >= 0.6 is 0 Å². The van der Waals surface area contributed by atoms with E-state index in [2.05, 4.69) is 5.32 Å². The molecule has 0 spiro atoms. The van der Waals surface area contributed by atoms with Gasteiger partial charge in [0.15, 0.2) is 0 Å². The maximum atomic E-state index is 11.2. The molecule has 96 valence electrons. The number of carbonyl (C=O) groups is 2. The van der Waals surface area contributed by atoms with Gasteiger partial charge in [0.1, 0.15) is 6.04 Å². The van der Waals surface area contributed by atoms with Crippen molar-refractivity contribution in [3.05, 3.63) is 35.4 Å². The summed E-state index contributed by atoms with van der Waals surface area (Å²) in [6.45, 7) is 0.709. The molecule has 0 aromatic heterocycles. The Balaban J connectivity index is 2.23. The van der Waals surface area contributed by atoms with Crippen LogP contribution in [-0.2, 0) is 4.79 Å². The molecule has 18 heavy (non-hydrogen) atoms. The van der Waals surface area contributed by atoms with Gasteiger partial charge in [-0.1, -0.05) is 12.1 Å². The summed E-state index contributed by atoms with van der Waals surface area (Å²) in [5.74, 6) is -1.93. The molecule has 0 radical (unpaired) electrons. The van der Waals surface area contributed by atoms with Gasteiger partial charge in [-0.15, -0.1) is 0 Å². The largest absolute Gasteiger partial charge is 0.480 e. The second kappa shape index (κ2) is 5.18. The lowest BCUT2D eigenvalue weighted by Gasteiger charge is -2.30. The number of carboxylic acids is 2. The molecule has 2 atom stereocenters. The Hall–Kier alpha value is -1.88. The molecule has 0 bridgehead atoms. The number of rotatable bonds is 3. The first-order valence-electron chi connectivity index (χ1n) is 5.89. The Morgan fingerprint density at radius 2 is 1.83 bits per heavy atom. The Morgan fingerprint density at radius 1 is 1.17 bits per heavy atom. The minimum Gasteiger partial charge on any atom is -0.480 e. The fraction of sp³-hybridized carbons (Fsp3) is 0.385. The standard InChI is InChI=1S/C13H15NO4/c15-12(16)9-5-3-8(4-6-9)10-2-1-7-14-11(10)13(17)18/h3-6,10-11,14H,1-2,7H2,(H,15,16)(H,17,18). The van der Waals surface area contributed by atoms with Crippen LogP contribution in [0.5, 0.6) is 0 Å². The zero-order valence-corrected chi connectivity index (χ0v) is 9.80. The zero-order valence-electron chi connectivity index (χ0n) is 9.80. The first-order valence-corrected chi connectivity index (χ1v) is 5.89. The first kappa shape index (κ1) is 12.6. The lowest BCUT2D eigenvalue weighted by molar-refractivity contribution is -0.140. The number of hydrogen-bond donors (Lipinski definition) is 3. The zero-order chi connectivity index (χ0) is 13.1. The summed E-state index contributed by atoms with van der Waals surface area (Å²) < 4.78 is 0. The number of aromatic carboxylic acids is 1. The third-order valence-electron chi connectivity index (χ3n) is 3.31. The van der Waals surface area contributed by atoms with Gasteiger partial charge in [-0.25, -0.2) is 4.79 Å². The number of aliphatic carboxylic acids is 1. The van der Waals surface area contributed by atoms with Crippen LogP contribution in [0.15, 0.2) is 24.3 Å². The van der Waals surface area contributed by atoms with E-state index in [9.17, 15) is 9.59 Å². The maximum Gasteiger partial charge on any atom is 0.335 e. The Labute approximate surface area is 104 Å². The van der Waals surface area contributed by atoms with Gasteiger partial charge >= 0.3 is 11.9 Å². The van der Waals surface area contributed by atoms with Crippen LogP contribution in [0.4, 0.5) is 0 Å². The van der Waals surface area contributed by atoms with Crippen molar-refractivity contribution in [1.29, 1.82) is 0 Å². The quantitative estimate of drug-likeness (QED) is 0.751. The minimum atomic E-state index is -0.974. The minimum absolute atomic E-state index is 0.0981. The normalized spacial score (nSPS) is 23.6. The summed E-state index contributed by atoms with van der Waals surface area (Å²) in [6.07, 6.45) is 1.73. The molecule has 1 heterocycles. The summed E-state index contributed by atoms with van der Waals surface area (Å²) in [6, 6.07) is 5.86. The summed E-state index contributed by atoms with van der Waals surface area (Å²) >= 11 is 0. The third-order valence-corrected chi connectivity index (χ3v) is 3.31. The van der Waals surface area contributed by atoms with Gasteiger partial charge in [-0.3, -0.25) is 4.79 Å². The van der Waals surface area contributed by atoms with Gasteiger partial charge in [-0.2, -0.15) is 0 Å². The Kier molecular flexibility index (Phi) is 3.62. The molecule has 0 amide bonds. The third kappa shape index (κ3) is 2.51. The molecule has 5 heteroatoms. The molecule has 1 fully saturated rings. The van der Waals surface area contributed by atoms with Crippen LogP contribution < -0.4 is 5.32 Å². The molecular formula is C13H15NO4. The van der Waals surface area contributed by atoms with Crippen molar-refractivity contribution in [2.24, 2.45) is 0 Å². The molecule has 1 aromatic rings. The fourth-order valence-corrected chi connectivity index (χ4v) is 2.38. The highest BCUT2D eigenvalue weighted by Crippen LogP contribution is 2.28. The van der Waals surface area contributed by atoms with Gasteiger partial charge < -0.3 is 15.5 Å². The monoisotopic (exact) mass is 249 g/mol. The van der Waals surface area contributed by atoms with E-state index in [1.54, 1.807) is 12.1 Å². The van der Waals surface area contributed by atoms with Crippen molar-refractivity contribution in [3.8, 4) is 0 Å². The van der Waals surface area contributed by atoms with E-state index in [0.29, 0.717) is 6.54 Å². The molecule has 2 rings (SSSR count). The first-order chi connectivity index (χ1) is 8.59. The van der Waals surface area contributed by atoms with Gasteiger partial charge in [0.2, 0.25) is 0 Å². The molecule has 5 nitrogen and oxygen atoms in total. The Morgan fingerprint density at radius 3 is 2.39 bits per heavy atom. The van der Waals surface area contributed by atoms with Crippen LogP contribution in [0.3, 0.4) is 0 Å². The van der Waals surface area contributed by atoms with Crippen molar-refractivity contribution in [3.63, 3.8) is 0 Å². The summed E-state index contributed by atoms with van der Waals surface area (Å²) in [5, 5.41) is 21.0. The average Bonchev–Trinajstić information content (AvgIpc) is 2.39. The highest BCUT2D eigenvalue weighted by atomic mass is 16.4. The molecule has 0 saturated carbocycles. The predicted octanol–water partition coefficient (Wildman–Crippen LogP) is 1.30. The molecule has 1 saturated heterocycles. The lowest BCUT2D eigenvalue weighted by Crippen LogP contribution is -2.45. The molecule has 0 aliphatic carbocycles. The van der Waals surface area contributed by atoms with E-state index in [1.165, 1.54) is 12.1 Å². The summed E-state index contributed by atoms with van der Waals surface area (Å²) in [5.41, 5.74) is 1.09. The number of carboxylic acid groups (broad SMARTS) is 2. The number of hydrogen-bond acceptors (Lipinski definition) is 3. The van der Waals surface area contributed by atoms with E-state index in [4.69, 9.17) is 10.2 Å². The maximum absolute atomic E-state index is 11.2. The predicted molar refractivity (Wildman–Crippen MR) is 64.8 cm³/mol. The van der Waals surface area contributed by atoms with Gasteiger partial charge in [0, 0.05) is 5.92 Å². The number of piperidine rings is 1. The van der Waals surface area contributed by atoms with Crippen LogP contribution in [0.25, 0.3) is 0 Å². The Bertz CT molecular complexity index is 455. The molecule has 1 aliphatic rings. The van der Waals surface area contributed by atoms with Crippen molar-refractivity contribution >= 4 is 11.9 Å². The summed E-state index contributed by atoms with van der Waals surface area (Å²) in [7, 11) is 0. The van der Waals surface area contributed by atoms with E-state index in [-0.39, 0.29) is 11.5 Å². The number of nitrogens with one attached hydrogen (secondary N) is 1. The highest BCUT2D eigenvalue weighted by molar-refractivity contribution is 5.87. The van der Waals surface area contributed by atoms with Crippen molar-refractivity contribution < 1.29 is 19.8 Å². The molecule has 1 aromatic carbocycles. The molecule has 3 N–H and O–H groups in total. The van der Waals surface area contributed by atoms with Crippen LogP contribution in [-0.4, -0.2) is 34.7 Å². The molecular weight excluding hydrogens is 234 g/mol. The van der Waals surface area contributed by atoms with E-state index in [0.717, 1.165) is 18.4 Å². The van der Waals surface area contributed by atoms with Crippen molar-refractivity contribution in [2.75, 3.05) is 6.54 Å². The number of benzene rings is 1.